The van der Waals surface area contributed by atoms with Gasteiger partial charge in [0.1, 0.15) is 0 Å². The van der Waals surface area contributed by atoms with E-state index in [-0.39, 0.29) is 11.3 Å². The van der Waals surface area contributed by atoms with Crippen LogP contribution in [0.4, 0.5) is 0 Å². The molecular weight excluding hydrogens is 164 g/mol. The van der Waals surface area contributed by atoms with Crippen LogP contribution in [0.15, 0.2) is 0 Å². The molecule has 0 aromatic heterocycles. The van der Waals surface area contributed by atoms with Crippen molar-refractivity contribution in [3.05, 3.63) is 0 Å². The molecule has 3 nitrogen and oxygen atoms in total. The van der Waals surface area contributed by atoms with Crippen molar-refractivity contribution in [3.8, 4) is 0 Å². The van der Waals surface area contributed by atoms with Crippen molar-refractivity contribution in [3.63, 3.8) is 0 Å². The van der Waals surface area contributed by atoms with Gasteiger partial charge in [-0.3, -0.25) is 4.79 Å². The SMILES string of the molecule is NC(=O)C12CCCCC1NCCC2. The molecule has 1 aliphatic heterocycles. The highest BCUT2D eigenvalue weighted by molar-refractivity contribution is 5.82. The van der Waals surface area contributed by atoms with Crippen LogP contribution in [-0.2, 0) is 4.79 Å². The smallest absolute Gasteiger partial charge is 0.225 e. The lowest BCUT2D eigenvalue weighted by Crippen LogP contribution is -2.57. The van der Waals surface area contributed by atoms with Crippen LogP contribution in [0, 0.1) is 5.41 Å². The molecule has 2 fully saturated rings. The van der Waals surface area contributed by atoms with Crippen molar-refractivity contribution in [2.45, 2.75) is 44.6 Å². The average Bonchev–Trinajstić information content (AvgIpc) is 2.17. The van der Waals surface area contributed by atoms with E-state index in [1.807, 2.05) is 0 Å². The van der Waals surface area contributed by atoms with Crippen LogP contribution in [-0.4, -0.2) is 18.5 Å². The van der Waals surface area contributed by atoms with Crippen molar-refractivity contribution >= 4 is 5.91 Å². The van der Waals surface area contributed by atoms with Gasteiger partial charge in [0.05, 0.1) is 5.41 Å². The monoisotopic (exact) mass is 182 g/mol. The normalized spacial score (nSPS) is 39.5. The van der Waals surface area contributed by atoms with Gasteiger partial charge in [0.25, 0.3) is 0 Å². The molecule has 13 heavy (non-hydrogen) atoms. The first kappa shape index (κ1) is 9.00. The summed E-state index contributed by atoms with van der Waals surface area (Å²) in [6.07, 6.45) is 6.64. The second kappa shape index (κ2) is 3.29. The lowest BCUT2D eigenvalue weighted by atomic mass is 9.65. The maximum absolute atomic E-state index is 11.5. The fourth-order valence-corrected chi connectivity index (χ4v) is 2.93. The quantitative estimate of drug-likeness (QED) is 0.629. The second-order valence-electron chi connectivity index (χ2n) is 4.38. The average molecular weight is 182 g/mol. The Morgan fingerprint density at radius 1 is 1.31 bits per heavy atom. The van der Waals surface area contributed by atoms with Crippen molar-refractivity contribution in [2.75, 3.05) is 6.54 Å². The third-order valence-electron chi connectivity index (χ3n) is 3.71. The summed E-state index contributed by atoms with van der Waals surface area (Å²) in [6.45, 7) is 1.06. The molecular formula is C10H18N2O. The molecule has 1 heterocycles. The molecule has 1 saturated carbocycles. The summed E-state index contributed by atoms with van der Waals surface area (Å²) in [5.74, 6) is -0.0793. The van der Waals surface area contributed by atoms with E-state index < -0.39 is 0 Å². The molecule has 2 aliphatic rings. The number of primary amides is 1. The molecule has 1 aliphatic carbocycles. The largest absolute Gasteiger partial charge is 0.369 e. The van der Waals surface area contributed by atoms with Crippen LogP contribution in [0.1, 0.15) is 38.5 Å². The highest BCUT2D eigenvalue weighted by Gasteiger charge is 2.46. The Morgan fingerprint density at radius 2 is 2.08 bits per heavy atom. The Bertz CT molecular complexity index is 203. The van der Waals surface area contributed by atoms with Crippen LogP contribution in [0.5, 0.6) is 0 Å². The minimum Gasteiger partial charge on any atom is -0.369 e. The Labute approximate surface area is 79.1 Å². The highest BCUT2D eigenvalue weighted by atomic mass is 16.1. The molecule has 2 rings (SSSR count). The van der Waals surface area contributed by atoms with E-state index in [9.17, 15) is 4.79 Å². The van der Waals surface area contributed by atoms with Gasteiger partial charge in [0.15, 0.2) is 0 Å². The standard InChI is InChI=1S/C10H18N2O/c11-9(13)10-5-2-1-4-8(10)12-7-3-6-10/h8,12H,1-7H2,(H2,11,13). The number of nitrogens with one attached hydrogen (secondary N) is 1. The molecule has 0 bridgehead atoms. The van der Waals surface area contributed by atoms with Crippen LogP contribution < -0.4 is 11.1 Å². The van der Waals surface area contributed by atoms with Gasteiger partial charge in [0, 0.05) is 6.04 Å². The van der Waals surface area contributed by atoms with E-state index in [1.54, 1.807) is 0 Å². The topological polar surface area (TPSA) is 55.1 Å². The Balaban J connectivity index is 2.21. The third kappa shape index (κ3) is 1.35. The van der Waals surface area contributed by atoms with Gasteiger partial charge >= 0.3 is 0 Å². The summed E-state index contributed by atoms with van der Waals surface area (Å²) in [7, 11) is 0. The van der Waals surface area contributed by atoms with E-state index in [0.717, 1.165) is 32.2 Å². The van der Waals surface area contributed by atoms with Gasteiger partial charge in [0.2, 0.25) is 5.91 Å². The number of fused-ring (bicyclic) bond motifs is 1. The zero-order valence-electron chi connectivity index (χ0n) is 8.01. The number of rotatable bonds is 1. The number of carbonyl (C=O) groups is 1. The first-order valence-corrected chi connectivity index (χ1v) is 5.29. The van der Waals surface area contributed by atoms with Crippen molar-refractivity contribution < 1.29 is 4.79 Å². The van der Waals surface area contributed by atoms with Gasteiger partial charge in [-0.25, -0.2) is 0 Å². The molecule has 1 amide bonds. The van der Waals surface area contributed by atoms with E-state index in [4.69, 9.17) is 5.73 Å². The minimum absolute atomic E-state index is 0.0793. The molecule has 0 spiro atoms. The summed E-state index contributed by atoms with van der Waals surface area (Å²) in [4.78, 5) is 11.5. The summed E-state index contributed by atoms with van der Waals surface area (Å²) < 4.78 is 0. The van der Waals surface area contributed by atoms with Crippen LogP contribution in [0.2, 0.25) is 0 Å². The predicted molar refractivity (Wildman–Crippen MR) is 51.1 cm³/mol. The van der Waals surface area contributed by atoms with Crippen molar-refractivity contribution in [1.82, 2.24) is 5.32 Å². The van der Waals surface area contributed by atoms with Gasteiger partial charge in [-0.05, 0) is 32.2 Å². The molecule has 74 valence electrons. The number of amides is 1. The van der Waals surface area contributed by atoms with E-state index in [1.165, 1.54) is 12.8 Å². The number of piperidine rings is 1. The molecule has 2 atom stereocenters. The molecule has 3 N–H and O–H groups in total. The molecule has 0 radical (unpaired) electrons. The molecule has 3 heteroatoms. The minimum atomic E-state index is -0.198. The number of hydrogen-bond acceptors (Lipinski definition) is 2. The number of nitrogens with two attached hydrogens (primary N) is 1. The first-order chi connectivity index (χ1) is 6.26. The zero-order chi connectivity index (χ0) is 9.31. The lowest BCUT2D eigenvalue weighted by Gasteiger charge is -2.45. The van der Waals surface area contributed by atoms with Crippen LogP contribution in [0.3, 0.4) is 0 Å². The molecule has 0 aromatic carbocycles. The molecule has 0 aromatic rings. The fourth-order valence-electron chi connectivity index (χ4n) is 2.93. The van der Waals surface area contributed by atoms with Gasteiger partial charge in [-0.15, -0.1) is 0 Å². The van der Waals surface area contributed by atoms with Gasteiger partial charge in [-0.1, -0.05) is 12.8 Å². The molecule has 2 unspecified atom stereocenters. The van der Waals surface area contributed by atoms with Crippen molar-refractivity contribution in [2.24, 2.45) is 11.1 Å². The van der Waals surface area contributed by atoms with Gasteiger partial charge < -0.3 is 11.1 Å². The van der Waals surface area contributed by atoms with E-state index in [2.05, 4.69) is 5.32 Å². The Hall–Kier alpha value is -0.570. The summed E-state index contributed by atoms with van der Waals surface area (Å²) >= 11 is 0. The summed E-state index contributed by atoms with van der Waals surface area (Å²) in [5.41, 5.74) is 5.34. The maximum Gasteiger partial charge on any atom is 0.225 e. The second-order valence-corrected chi connectivity index (χ2v) is 4.38. The molecule has 1 saturated heterocycles. The summed E-state index contributed by atoms with van der Waals surface area (Å²) in [5, 5.41) is 3.44. The van der Waals surface area contributed by atoms with Gasteiger partial charge in [-0.2, -0.15) is 0 Å². The van der Waals surface area contributed by atoms with Crippen molar-refractivity contribution in [1.29, 1.82) is 0 Å². The van der Waals surface area contributed by atoms with E-state index >= 15 is 0 Å². The maximum atomic E-state index is 11.5. The Kier molecular flexibility index (Phi) is 2.28. The zero-order valence-corrected chi connectivity index (χ0v) is 8.01. The summed E-state index contributed by atoms with van der Waals surface area (Å²) in [6, 6.07) is 0.368. The Morgan fingerprint density at radius 3 is 2.77 bits per heavy atom. The first-order valence-electron chi connectivity index (χ1n) is 5.29. The predicted octanol–water partition coefficient (Wildman–Crippen LogP) is 0.784. The van der Waals surface area contributed by atoms with Crippen LogP contribution >= 0.6 is 0 Å². The number of hydrogen-bond donors (Lipinski definition) is 2. The number of carbonyl (C=O) groups excluding carboxylic acids is 1. The fraction of sp³-hybridized carbons (Fsp3) is 0.900. The third-order valence-corrected chi connectivity index (χ3v) is 3.71. The van der Waals surface area contributed by atoms with E-state index in [0.29, 0.717) is 6.04 Å². The highest BCUT2D eigenvalue weighted by Crippen LogP contribution is 2.42. The lowest BCUT2D eigenvalue weighted by molar-refractivity contribution is -0.133. The van der Waals surface area contributed by atoms with Crippen LogP contribution in [0.25, 0.3) is 0 Å².